The van der Waals surface area contributed by atoms with E-state index in [-0.39, 0.29) is 12.0 Å². The van der Waals surface area contributed by atoms with Crippen LogP contribution in [0.2, 0.25) is 0 Å². The van der Waals surface area contributed by atoms with Crippen LogP contribution in [0, 0.1) is 13.8 Å². The van der Waals surface area contributed by atoms with E-state index in [2.05, 4.69) is 41.5 Å². The molecule has 0 saturated heterocycles. The smallest absolute Gasteiger partial charge is 0.225 e. The van der Waals surface area contributed by atoms with Crippen LogP contribution < -0.4 is 14.8 Å². The minimum absolute atomic E-state index is 0.0422. The van der Waals surface area contributed by atoms with Gasteiger partial charge in [-0.3, -0.25) is 4.79 Å². The predicted molar refractivity (Wildman–Crippen MR) is 110 cm³/mol. The summed E-state index contributed by atoms with van der Waals surface area (Å²) in [6, 6.07) is 15.8. The Labute approximate surface area is 168 Å². The van der Waals surface area contributed by atoms with Crippen molar-refractivity contribution in [2.24, 2.45) is 0 Å². The second kappa shape index (κ2) is 8.02. The average Bonchev–Trinajstić information content (AvgIpc) is 3.06. The molecular formula is C22H22N2O3S. The molecule has 1 aliphatic heterocycles. The molecular weight excluding hydrogens is 372 g/mol. The topological polar surface area (TPSA) is 60.5 Å². The van der Waals surface area contributed by atoms with Crippen LogP contribution >= 0.6 is 11.3 Å². The molecule has 1 atom stereocenters. The van der Waals surface area contributed by atoms with E-state index in [0.717, 1.165) is 26.9 Å². The summed E-state index contributed by atoms with van der Waals surface area (Å²) in [5.74, 6) is 1.42. The standard InChI is InChI=1S/C22H22N2O3S/c1-14-7-9-16(10-8-14)22-20(28-15(2)24-22)11-21(25)23-12-17-13-26-18-5-3-4-6-19(18)27-17/h3-10,17H,11-13H2,1-2H3,(H,23,25). The molecule has 3 aromatic rings. The van der Waals surface area contributed by atoms with E-state index in [1.165, 1.54) is 5.56 Å². The van der Waals surface area contributed by atoms with Crippen molar-refractivity contribution in [2.45, 2.75) is 26.4 Å². The van der Waals surface area contributed by atoms with Gasteiger partial charge in [0.15, 0.2) is 11.5 Å². The molecule has 1 N–H and O–H groups in total. The number of fused-ring (bicyclic) bond motifs is 1. The van der Waals surface area contributed by atoms with E-state index in [4.69, 9.17) is 9.47 Å². The molecule has 1 aromatic heterocycles. The third kappa shape index (κ3) is 4.17. The van der Waals surface area contributed by atoms with Gasteiger partial charge >= 0.3 is 0 Å². The Morgan fingerprint density at radius 3 is 2.68 bits per heavy atom. The molecule has 2 heterocycles. The van der Waals surface area contributed by atoms with E-state index >= 15 is 0 Å². The molecule has 0 fully saturated rings. The normalized spacial score (nSPS) is 15.3. The highest BCUT2D eigenvalue weighted by molar-refractivity contribution is 7.12. The Hall–Kier alpha value is -2.86. The third-order valence-corrected chi connectivity index (χ3v) is 5.52. The number of amides is 1. The summed E-state index contributed by atoms with van der Waals surface area (Å²) in [4.78, 5) is 18.1. The lowest BCUT2D eigenvalue weighted by Crippen LogP contribution is -2.41. The molecule has 0 aliphatic carbocycles. The Morgan fingerprint density at radius 1 is 1.14 bits per heavy atom. The van der Waals surface area contributed by atoms with Crippen molar-refractivity contribution in [1.29, 1.82) is 0 Å². The summed E-state index contributed by atoms with van der Waals surface area (Å²) in [6.07, 6.45) is 0.109. The molecule has 0 bridgehead atoms. The van der Waals surface area contributed by atoms with Gasteiger partial charge in [0.25, 0.3) is 0 Å². The van der Waals surface area contributed by atoms with Gasteiger partial charge in [-0.15, -0.1) is 11.3 Å². The van der Waals surface area contributed by atoms with Crippen LogP contribution in [-0.2, 0) is 11.2 Å². The van der Waals surface area contributed by atoms with Crippen molar-refractivity contribution >= 4 is 17.2 Å². The molecule has 2 aromatic carbocycles. The van der Waals surface area contributed by atoms with Crippen LogP contribution in [0.4, 0.5) is 0 Å². The van der Waals surface area contributed by atoms with Crippen molar-refractivity contribution in [1.82, 2.24) is 10.3 Å². The number of ether oxygens (including phenoxy) is 2. The number of nitrogens with one attached hydrogen (secondary N) is 1. The van der Waals surface area contributed by atoms with Gasteiger partial charge < -0.3 is 14.8 Å². The molecule has 5 nitrogen and oxygen atoms in total. The zero-order valence-electron chi connectivity index (χ0n) is 15.9. The van der Waals surface area contributed by atoms with Gasteiger partial charge in [0.2, 0.25) is 5.91 Å². The lowest BCUT2D eigenvalue weighted by molar-refractivity contribution is -0.120. The van der Waals surface area contributed by atoms with Gasteiger partial charge in [0.1, 0.15) is 12.7 Å². The number of benzene rings is 2. The number of rotatable bonds is 5. The van der Waals surface area contributed by atoms with Crippen molar-refractivity contribution in [3.05, 3.63) is 64.0 Å². The summed E-state index contributed by atoms with van der Waals surface area (Å²) < 4.78 is 11.6. The highest BCUT2D eigenvalue weighted by atomic mass is 32.1. The van der Waals surface area contributed by atoms with Crippen LogP contribution in [0.3, 0.4) is 0 Å². The van der Waals surface area contributed by atoms with E-state index in [1.54, 1.807) is 11.3 Å². The van der Waals surface area contributed by atoms with Gasteiger partial charge in [-0.2, -0.15) is 0 Å². The van der Waals surface area contributed by atoms with Crippen LogP contribution in [0.5, 0.6) is 11.5 Å². The SMILES string of the molecule is Cc1ccc(-c2nc(C)sc2CC(=O)NCC2COc3ccccc3O2)cc1. The molecule has 1 aliphatic rings. The molecule has 6 heteroatoms. The van der Waals surface area contributed by atoms with E-state index in [1.807, 2.05) is 31.2 Å². The number of nitrogens with zero attached hydrogens (tertiary/aromatic N) is 1. The fraction of sp³-hybridized carbons (Fsp3) is 0.273. The number of carbonyl (C=O) groups excluding carboxylic acids is 1. The molecule has 0 radical (unpaired) electrons. The van der Waals surface area contributed by atoms with Gasteiger partial charge in [0, 0.05) is 10.4 Å². The Balaban J connectivity index is 1.38. The largest absolute Gasteiger partial charge is 0.486 e. The number of para-hydroxylation sites is 2. The maximum Gasteiger partial charge on any atom is 0.225 e. The van der Waals surface area contributed by atoms with E-state index < -0.39 is 0 Å². The molecule has 4 rings (SSSR count). The van der Waals surface area contributed by atoms with Crippen LogP contribution in [0.25, 0.3) is 11.3 Å². The molecule has 144 valence electrons. The van der Waals surface area contributed by atoms with Gasteiger partial charge in [-0.05, 0) is 26.0 Å². The molecule has 0 spiro atoms. The molecule has 0 saturated carbocycles. The zero-order valence-corrected chi connectivity index (χ0v) is 16.7. The van der Waals surface area contributed by atoms with Gasteiger partial charge in [-0.1, -0.05) is 42.0 Å². The Morgan fingerprint density at radius 2 is 1.89 bits per heavy atom. The summed E-state index contributed by atoms with van der Waals surface area (Å²) in [5, 5.41) is 3.92. The van der Waals surface area contributed by atoms with Crippen molar-refractivity contribution in [3.8, 4) is 22.8 Å². The first-order valence-corrected chi connectivity index (χ1v) is 10.1. The molecule has 1 amide bonds. The maximum atomic E-state index is 12.5. The number of aryl methyl sites for hydroxylation is 2. The number of carbonyl (C=O) groups is 1. The van der Waals surface area contributed by atoms with Crippen molar-refractivity contribution in [3.63, 3.8) is 0 Å². The molecule has 1 unspecified atom stereocenters. The summed E-state index contributed by atoms with van der Waals surface area (Å²) >= 11 is 1.57. The third-order valence-electron chi connectivity index (χ3n) is 4.54. The Bertz CT molecular complexity index is 982. The quantitative estimate of drug-likeness (QED) is 0.712. The Kier molecular flexibility index (Phi) is 5.30. The van der Waals surface area contributed by atoms with E-state index in [9.17, 15) is 4.79 Å². The zero-order chi connectivity index (χ0) is 19.5. The first kappa shape index (κ1) is 18.5. The summed E-state index contributed by atoms with van der Waals surface area (Å²) in [6.45, 7) is 4.85. The molecule has 28 heavy (non-hydrogen) atoms. The number of hydrogen-bond acceptors (Lipinski definition) is 5. The van der Waals surface area contributed by atoms with Gasteiger partial charge in [0.05, 0.1) is 23.7 Å². The summed E-state index contributed by atoms with van der Waals surface area (Å²) in [5.41, 5.74) is 3.13. The van der Waals surface area contributed by atoms with Crippen LogP contribution in [-0.4, -0.2) is 30.1 Å². The number of aromatic nitrogens is 1. The van der Waals surface area contributed by atoms with Gasteiger partial charge in [-0.25, -0.2) is 4.98 Å². The minimum Gasteiger partial charge on any atom is -0.486 e. The van der Waals surface area contributed by atoms with E-state index in [0.29, 0.717) is 25.3 Å². The summed E-state index contributed by atoms with van der Waals surface area (Å²) in [7, 11) is 0. The second-order valence-corrected chi connectivity index (χ2v) is 8.14. The first-order valence-electron chi connectivity index (χ1n) is 9.27. The second-order valence-electron chi connectivity index (χ2n) is 6.85. The fourth-order valence-electron chi connectivity index (χ4n) is 3.13. The first-order chi connectivity index (χ1) is 13.6. The van der Waals surface area contributed by atoms with Crippen LogP contribution in [0.15, 0.2) is 48.5 Å². The lowest BCUT2D eigenvalue weighted by Gasteiger charge is -2.26. The highest BCUT2D eigenvalue weighted by Crippen LogP contribution is 2.31. The lowest BCUT2D eigenvalue weighted by atomic mass is 10.1. The fourth-order valence-corrected chi connectivity index (χ4v) is 4.08. The highest BCUT2D eigenvalue weighted by Gasteiger charge is 2.22. The minimum atomic E-state index is -0.196. The van der Waals surface area contributed by atoms with Crippen LogP contribution in [0.1, 0.15) is 15.4 Å². The predicted octanol–water partition coefficient (Wildman–Crippen LogP) is 3.93. The monoisotopic (exact) mass is 394 g/mol. The van der Waals surface area contributed by atoms with Crippen molar-refractivity contribution < 1.29 is 14.3 Å². The number of thiazole rings is 1. The maximum absolute atomic E-state index is 12.5. The van der Waals surface area contributed by atoms with Crippen molar-refractivity contribution in [2.75, 3.05) is 13.2 Å². The number of hydrogen-bond donors (Lipinski definition) is 1. The average molecular weight is 394 g/mol.